The van der Waals surface area contributed by atoms with Crippen LogP contribution in [0.25, 0.3) is 51.5 Å². The van der Waals surface area contributed by atoms with E-state index in [0.717, 1.165) is 80.8 Å². The topological polar surface area (TPSA) is 13.0 Å². The van der Waals surface area contributed by atoms with E-state index in [0.29, 0.717) is 10.8 Å². The van der Waals surface area contributed by atoms with Crippen LogP contribution in [0.15, 0.2) is 291 Å². The molecular formula is C92H78N4S2. The summed E-state index contributed by atoms with van der Waals surface area (Å²) in [5, 5.41) is 5.11. The third-order valence-electron chi connectivity index (χ3n) is 24.1. The molecule has 14 aromatic rings. The molecule has 8 fully saturated rings. The fourth-order valence-electron chi connectivity index (χ4n) is 20.6. The molecule has 8 aliphatic carbocycles. The van der Waals surface area contributed by atoms with Gasteiger partial charge in [0.1, 0.15) is 0 Å². The zero-order valence-electron chi connectivity index (χ0n) is 55.3. The molecule has 0 N–H and O–H groups in total. The predicted octanol–water partition coefficient (Wildman–Crippen LogP) is 26.9. The van der Waals surface area contributed by atoms with E-state index in [1.54, 1.807) is 11.1 Å². The van der Waals surface area contributed by atoms with E-state index < -0.39 is 0 Å². The highest BCUT2D eigenvalue weighted by Crippen LogP contribution is 2.63. The largest absolute Gasteiger partial charge is 0.310 e. The van der Waals surface area contributed by atoms with Crippen molar-refractivity contribution >= 4 is 131 Å². The molecule has 98 heavy (non-hydrogen) atoms. The molecule has 0 radical (unpaired) electrons. The maximum atomic E-state index is 2.49. The van der Waals surface area contributed by atoms with Crippen LogP contribution in [0.5, 0.6) is 0 Å². The molecule has 2 heterocycles. The predicted molar refractivity (Wildman–Crippen MR) is 416 cm³/mol. The van der Waals surface area contributed by atoms with Gasteiger partial charge in [-0.25, -0.2) is 0 Å². The van der Waals surface area contributed by atoms with E-state index >= 15 is 0 Å². The number of fused-ring (bicyclic) bond motifs is 6. The Morgan fingerprint density at radius 1 is 0.214 bits per heavy atom. The van der Waals surface area contributed by atoms with Crippen molar-refractivity contribution in [3.05, 3.63) is 302 Å². The van der Waals surface area contributed by atoms with Gasteiger partial charge in [-0.2, -0.15) is 0 Å². The Bertz CT molecular complexity index is 5220. The van der Waals surface area contributed by atoms with Gasteiger partial charge in [0.25, 0.3) is 0 Å². The summed E-state index contributed by atoms with van der Waals surface area (Å²) in [5.41, 5.74) is 20.0. The fourth-order valence-corrected chi connectivity index (χ4v) is 22.9. The van der Waals surface area contributed by atoms with Gasteiger partial charge in [-0.3, -0.25) is 0 Å². The highest BCUT2D eigenvalue weighted by Gasteiger charge is 2.53. The number of nitrogens with zero attached hydrogens (tertiary/aromatic N) is 4. The van der Waals surface area contributed by atoms with Crippen molar-refractivity contribution < 1.29 is 0 Å². The summed E-state index contributed by atoms with van der Waals surface area (Å²) < 4.78 is 5.13. The lowest BCUT2D eigenvalue weighted by molar-refractivity contribution is -0.00530. The number of para-hydroxylation sites is 4. The second-order valence-electron chi connectivity index (χ2n) is 30.2. The minimum Gasteiger partial charge on any atom is -0.310 e. The Hall–Kier alpha value is -9.72. The van der Waals surface area contributed by atoms with Crippen LogP contribution in [0.1, 0.15) is 88.2 Å². The first-order valence-electron chi connectivity index (χ1n) is 36.1. The highest BCUT2D eigenvalue weighted by atomic mass is 32.1. The van der Waals surface area contributed by atoms with Crippen LogP contribution in [0.4, 0.5) is 68.2 Å². The lowest BCUT2D eigenvalue weighted by atomic mass is 9.48. The first-order chi connectivity index (χ1) is 48.3. The minimum absolute atomic E-state index is 0.374. The van der Waals surface area contributed by atoms with Gasteiger partial charge in [-0.1, -0.05) is 133 Å². The van der Waals surface area contributed by atoms with Crippen molar-refractivity contribution in [2.75, 3.05) is 19.6 Å². The molecular weight excluding hydrogens is 1230 g/mol. The molecule has 22 rings (SSSR count). The van der Waals surface area contributed by atoms with Crippen LogP contribution < -0.4 is 19.6 Å². The Labute approximate surface area is 583 Å². The van der Waals surface area contributed by atoms with E-state index in [-0.39, 0.29) is 0 Å². The summed E-state index contributed by atoms with van der Waals surface area (Å²) in [7, 11) is 0. The van der Waals surface area contributed by atoms with E-state index in [1.165, 1.54) is 152 Å². The lowest BCUT2D eigenvalue weighted by Crippen LogP contribution is -2.48. The van der Waals surface area contributed by atoms with Gasteiger partial charge < -0.3 is 19.6 Å². The normalized spacial score (nSPS) is 22.7. The maximum absolute atomic E-state index is 2.49. The van der Waals surface area contributed by atoms with Crippen LogP contribution in [-0.4, -0.2) is 0 Å². The smallest absolute Gasteiger partial charge is 0.0476 e. The Morgan fingerprint density at radius 3 is 0.867 bits per heavy atom. The number of thiophene rings is 2. The van der Waals surface area contributed by atoms with Crippen LogP contribution >= 0.6 is 22.7 Å². The van der Waals surface area contributed by atoms with Gasteiger partial charge in [-0.15, -0.1) is 22.7 Å². The third kappa shape index (κ3) is 10.2. The van der Waals surface area contributed by atoms with Crippen molar-refractivity contribution in [3.63, 3.8) is 0 Å². The van der Waals surface area contributed by atoms with Crippen molar-refractivity contribution in [1.29, 1.82) is 0 Å². The summed E-state index contributed by atoms with van der Waals surface area (Å²) in [5.74, 6) is 5.56. The molecule has 4 nitrogen and oxygen atoms in total. The third-order valence-corrected chi connectivity index (χ3v) is 26.3. The Morgan fingerprint density at radius 2 is 0.500 bits per heavy atom. The minimum atomic E-state index is 0.374. The molecule has 0 spiro atoms. The molecule has 8 bridgehead atoms. The highest BCUT2D eigenvalue weighted by molar-refractivity contribution is 7.26. The molecule has 478 valence electrons. The van der Waals surface area contributed by atoms with Crippen molar-refractivity contribution in [2.45, 2.75) is 87.9 Å². The molecule has 0 aliphatic heterocycles. The molecule has 6 heteroatoms. The average molecular weight is 1300 g/mol. The van der Waals surface area contributed by atoms with Crippen LogP contribution in [0, 0.1) is 35.5 Å². The van der Waals surface area contributed by atoms with Gasteiger partial charge in [0.05, 0.1) is 0 Å². The monoisotopic (exact) mass is 1300 g/mol. The first-order valence-corrected chi connectivity index (χ1v) is 37.7. The molecule has 0 saturated heterocycles. The SMILES string of the molecule is c1ccc(N(c2ccc(-c3cccc(N(c4ccccc4)c4ccc5sc6cc(N(c7ccccc7)c7ccc(C89CC%10CC(CC(C%10)C8)C9)cc7)ccc6c5c4)c3)cc2)c2ccc3c(c2)sc2ccc(N(c4ccccc4)c4ccc(C56CC7CC(CC(C7)C5)C6)cc4)cc23)cc1. The van der Waals surface area contributed by atoms with Gasteiger partial charge >= 0.3 is 0 Å². The molecule has 2 aromatic heterocycles. The molecule has 0 amide bonds. The fraction of sp³-hybridized carbons (Fsp3) is 0.217. The van der Waals surface area contributed by atoms with Crippen LogP contribution in [0.2, 0.25) is 0 Å². The van der Waals surface area contributed by atoms with Crippen molar-refractivity contribution in [2.24, 2.45) is 35.5 Å². The quantitative estimate of drug-likeness (QED) is 0.101. The zero-order valence-corrected chi connectivity index (χ0v) is 56.9. The second-order valence-corrected chi connectivity index (χ2v) is 32.4. The summed E-state index contributed by atoms with van der Waals surface area (Å²) in [6.45, 7) is 0. The first kappa shape index (κ1) is 58.4. The van der Waals surface area contributed by atoms with E-state index in [4.69, 9.17) is 0 Å². The standard InChI is InChI=1S/C92H78N4S2/c1-5-15-71(16-6-1)93(76-32-26-69(27-33-76)91-55-61-44-62(56-91)46-63(45-61)57-91)79-38-42-87-85(51-79)83-40-36-81(53-89(83)97-87)94(72-17-7-2-8-18-72)75-30-24-67(25-31-75)68-14-13-23-78(50-68)96(74-21-11-4-12-22-74)80-39-43-88-86(52-80)84-41-37-82(54-90(84)98-88)95(73-19-9-3-10-20-73)77-34-28-70(29-35-77)92-58-64-47-65(59-92)49-66(48-64)60-92/h1-43,50-54,61-66H,44-49,55-60H2. The number of rotatable bonds is 15. The number of anilines is 12. The van der Waals surface area contributed by atoms with Gasteiger partial charge in [0.2, 0.25) is 0 Å². The average Bonchev–Trinajstić information content (AvgIpc) is 1.69. The second kappa shape index (κ2) is 23.5. The van der Waals surface area contributed by atoms with Crippen LogP contribution in [0.3, 0.4) is 0 Å². The summed E-state index contributed by atoms with van der Waals surface area (Å²) >= 11 is 3.77. The Balaban J connectivity index is 0.595. The van der Waals surface area contributed by atoms with E-state index in [2.05, 4.69) is 311 Å². The van der Waals surface area contributed by atoms with E-state index in [9.17, 15) is 0 Å². The Kier molecular flexibility index (Phi) is 14.0. The zero-order chi connectivity index (χ0) is 64.5. The number of hydrogen-bond donors (Lipinski definition) is 0. The molecule has 12 aromatic carbocycles. The van der Waals surface area contributed by atoms with E-state index in [1.807, 2.05) is 22.7 Å². The molecule has 0 unspecified atom stereocenters. The maximum Gasteiger partial charge on any atom is 0.0476 e. The van der Waals surface area contributed by atoms with Crippen LogP contribution in [-0.2, 0) is 10.8 Å². The number of benzene rings is 12. The molecule has 8 aliphatic rings. The summed E-state index contributed by atoms with van der Waals surface area (Å²) in [4.78, 5) is 9.73. The lowest BCUT2D eigenvalue weighted by Gasteiger charge is -2.57. The van der Waals surface area contributed by atoms with Gasteiger partial charge in [-0.05, 0) is 303 Å². The van der Waals surface area contributed by atoms with Crippen molar-refractivity contribution in [3.8, 4) is 11.1 Å². The molecule has 0 atom stereocenters. The van der Waals surface area contributed by atoms with Gasteiger partial charge in [0.15, 0.2) is 0 Å². The van der Waals surface area contributed by atoms with Gasteiger partial charge in [0, 0.05) is 109 Å². The summed E-state index contributed by atoms with van der Waals surface area (Å²) in [6, 6.07) is 110. The van der Waals surface area contributed by atoms with Crippen molar-refractivity contribution in [1.82, 2.24) is 0 Å². The molecule has 8 saturated carbocycles. The number of hydrogen-bond acceptors (Lipinski definition) is 6. The summed E-state index contributed by atoms with van der Waals surface area (Å²) in [6.07, 6.45) is 17.1.